The van der Waals surface area contributed by atoms with E-state index in [-0.39, 0.29) is 12.4 Å². The van der Waals surface area contributed by atoms with Gasteiger partial charge in [0.05, 0.1) is 25.4 Å². The molecule has 1 rings (SSSR count). The highest BCUT2D eigenvalue weighted by Crippen LogP contribution is 2.30. The van der Waals surface area contributed by atoms with Crippen molar-refractivity contribution < 1.29 is 27.4 Å². The van der Waals surface area contributed by atoms with Crippen LogP contribution in [0.5, 0.6) is 0 Å². The third-order valence-corrected chi connectivity index (χ3v) is 2.25. The van der Waals surface area contributed by atoms with Crippen molar-refractivity contribution in [2.45, 2.75) is 13.1 Å². The zero-order valence-electron chi connectivity index (χ0n) is 10.5. The van der Waals surface area contributed by atoms with Gasteiger partial charge >= 0.3 is 12.1 Å². The van der Waals surface area contributed by atoms with Gasteiger partial charge in [0, 0.05) is 5.56 Å². The van der Waals surface area contributed by atoms with Gasteiger partial charge in [0.15, 0.2) is 0 Å². The summed E-state index contributed by atoms with van der Waals surface area (Å²) in [6.45, 7) is 1.86. The topological polar surface area (TPSA) is 35.5 Å². The maximum absolute atomic E-state index is 12.4. The lowest BCUT2D eigenvalue weighted by Gasteiger charge is -2.09. The van der Waals surface area contributed by atoms with Crippen LogP contribution in [-0.2, 0) is 20.4 Å². The Morgan fingerprint density at radius 3 is 2.26 bits per heavy atom. The third-order valence-electron chi connectivity index (χ3n) is 2.25. The number of benzene rings is 1. The zero-order valence-corrected chi connectivity index (χ0v) is 10.5. The molecule has 0 N–H and O–H groups in total. The van der Waals surface area contributed by atoms with Crippen LogP contribution in [0.25, 0.3) is 5.76 Å². The third kappa shape index (κ3) is 4.31. The van der Waals surface area contributed by atoms with E-state index in [1.165, 1.54) is 19.2 Å². The number of rotatable bonds is 4. The Balaban J connectivity index is 2.97. The maximum Gasteiger partial charge on any atom is 0.416 e. The largest absolute Gasteiger partial charge is 0.496 e. The Bertz CT molecular complexity index is 461. The van der Waals surface area contributed by atoms with Crippen LogP contribution in [0, 0.1) is 0 Å². The van der Waals surface area contributed by atoms with Gasteiger partial charge in [-0.15, -0.1) is 0 Å². The highest BCUT2D eigenvalue weighted by molar-refractivity contribution is 5.89. The average Bonchev–Trinajstić information content (AvgIpc) is 2.35. The Hall–Kier alpha value is -1.98. The molecule has 0 aromatic heterocycles. The van der Waals surface area contributed by atoms with Crippen molar-refractivity contribution in [3.63, 3.8) is 0 Å². The van der Waals surface area contributed by atoms with Crippen LogP contribution in [0.1, 0.15) is 18.1 Å². The van der Waals surface area contributed by atoms with Crippen LogP contribution in [0.15, 0.2) is 30.3 Å². The summed E-state index contributed by atoms with van der Waals surface area (Å²) >= 11 is 0. The van der Waals surface area contributed by atoms with Crippen LogP contribution >= 0.6 is 0 Å². The molecule has 1 aromatic rings. The predicted molar refractivity (Wildman–Crippen MR) is 63.1 cm³/mol. The first kappa shape index (κ1) is 15.1. The molecule has 0 heterocycles. The summed E-state index contributed by atoms with van der Waals surface area (Å²) in [7, 11) is 1.32. The normalized spacial score (nSPS) is 12.2. The molecule has 3 nitrogen and oxygen atoms in total. The van der Waals surface area contributed by atoms with Crippen molar-refractivity contribution in [2.24, 2.45) is 0 Å². The van der Waals surface area contributed by atoms with Crippen molar-refractivity contribution in [3.8, 4) is 0 Å². The lowest BCUT2D eigenvalue weighted by molar-refractivity contribution is -0.138. The molecule has 104 valence electrons. The molecular weight excluding hydrogens is 261 g/mol. The molecule has 0 atom stereocenters. The monoisotopic (exact) mass is 274 g/mol. The lowest BCUT2D eigenvalue weighted by atomic mass is 10.1. The smallest absolute Gasteiger partial charge is 0.416 e. The van der Waals surface area contributed by atoms with E-state index in [1.807, 2.05) is 0 Å². The molecule has 6 heteroatoms. The van der Waals surface area contributed by atoms with Crippen LogP contribution in [-0.4, -0.2) is 19.7 Å². The highest BCUT2D eigenvalue weighted by Gasteiger charge is 2.30. The number of halogens is 3. The Labute approximate surface area is 108 Å². The minimum atomic E-state index is -4.39. The van der Waals surface area contributed by atoms with Crippen molar-refractivity contribution >= 4 is 11.7 Å². The van der Waals surface area contributed by atoms with Gasteiger partial charge in [-0.2, -0.15) is 13.2 Å². The molecule has 0 amide bonds. The van der Waals surface area contributed by atoms with Gasteiger partial charge in [0.25, 0.3) is 0 Å². The predicted octanol–water partition coefficient (Wildman–Crippen LogP) is 3.26. The number of hydrogen-bond donors (Lipinski definition) is 0. The van der Waals surface area contributed by atoms with E-state index in [1.54, 1.807) is 6.92 Å². The number of ether oxygens (including phenoxy) is 2. The Kier molecular flexibility index (Phi) is 4.97. The summed E-state index contributed by atoms with van der Waals surface area (Å²) in [5, 5.41) is 0. The number of hydrogen-bond acceptors (Lipinski definition) is 3. The van der Waals surface area contributed by atoms with E-state index in [2.05, 4.69) is 0 Å². The minimum absolute atomic E-state index is 0.146. The van der Waals surface area contributed by atoms with Gasteiger partial charge in [0.2, 0.25) is 0 Å². The summed E-state index contributed by atoms with van der Waals surface area (Å²) in [5.41, 5.74) is -0.397. The van der Waals surface area contributed by atoms with Gasteiger partial charge in [-0.25, -0.2) is 4.79 Å². The molecule has 19 heavy (non-hydrogen) atoms. The molecule has 0 radical (unpaired) electrons. The number of esters is 1. The van der Waals surface area contributed by atoms with Crippen molar-refractivity contribution in [2.75, 3.05) is 13.7 Å². The fourth-order valence-corrected chi connectivity index (χ4v) is 1.37. The Morgan fingerprint density at radius 2 is 1.84 bits per heavy atom. The molecule has 0 fully saturated rings. The molecule has 0 aliphatic rings. The SMILES string of the molecule is CCOC(=O)C=C(OC)c1ccc(C(F)(F)F)cc1. The number of alkyl halides is 3. The highest BCUT2D eigenvalue weighted by atomic mass is 19.4. The van der Waals surface area contributed by atoms with E-state index in [0.29, 0.717) is 5.56 Å². The van der Waals surface area contributed by atoms with Gasteiger partial charge < -0.3 is 9.47 Å². The molecule has 0 saturated carbocycles. The van der Waals surface area contributed by atoms with Crippen molar-refractivity contribution in [1.29, 1.82) is 0 Å². The van der Waals surface area contributed by atoms with Crippen LogP contribution in [0.4, 0.5) is 13.2 Å². The number of carbonyl (C=O) groups excluding carboxylic acids is 1. The summed E-state index contributed by atoms with van der Waals surface area (Å²) < 4.78 is 46.8. The first-order chi connectivity index (χ1) is 8.88. The summed E-state index contributed by atoms with van der Waals surface area (Å²) in [6.07, 6.45) is -3.30. The summed E-state index contributed by atoms with van der Waals surface area (Å²) in [4.78, 5) is 11.3. The molecule has 0 aliphatic carbocycles. The second kappa shape index (κ2) is 6.26. The minimum Gasteiger partial charge on any atom is -0.496 e. The Morgan fingerprint density at radius 1 is 1.26 bits per heavy atom. The maximum atomic E-state index is 12.4. The van der Waals surface area contributed by atoms with E-state index in [0.717, 1.165) is 18.2 Å². The van der Waals surface area contributed by atoms with E-state index in [4.69, 9.17) is 9.47 Å². The van der Waals surface area contributed by atoms with E-state index in [9.17, 15) is 18.0 Å². The quantitative estimate of drug-likeness (QED) is 0.480. The second-order valence-electron chi connectivity index (χ2n) is 3.54. The van der Waals surface area contributed by atoms with Crippen LogP contribution in [0.3, 0.4) is 0 Å². The molecular formula is C13H13F3O3. The molecule has 0 aliphatic heterocycles. The number of methoxy groups -OCH3 is 1. The first-order valence-electron chi connectivity index (χ1n) is 5.48. The zero-order chi connectivity index (χ0) is 14.5. The van der Waals surface area contributed by atoms with E-state index < -0.39 is 17.7 Å². The number of carbonyl (C=O) groups is 1. The molecule has 1 aromatic carbocycles. The standard InChI is InChI=1S/C13H13F3O3/c1-3-19-12(17)8-11(18-2)9-4-6-10(7-5-9)13(14,15)16/h4-8H,3H2,1-2H3. The van der Waals surface area contributed by atoms with Crippen molar-refractivity contribution in [3.05, 3.63) is 41.5 Å². The fourth-order valence-electron chi connectivity index (χ4n) is 1.37. The van der Waals surface area contributed by atoms with Gasteiger partial charge in [0.1, 0.15) is 5.76 Å². The molecule has 0 bridgehead atoms. The molecule has 0 saturated heterocycles. The summed E-state index contributed by atoms with van der Waals surface area (Å²) in [6, 6.07) is 4.31. The molecule has 0 unspecified atom stereocenters. The summed E-state index contributed by atoms with van der Waals surface area (Å²) in [5.74, 6) is -0.466. The van der Waals surface area contributed by atoms with Crippen molar-refractivity contribution in [1.82, 2.24) is 0 Å². The van der Waals surface area contributed by atoms with Gasteiger partial charge in [-0.1, -0.05) is 12.1 Å². The fraction of sp³-hybridized carbons (Fsp3) is 0.308. The first-order valence-corrected chi connectivity index (χ1v) is 5.48. The average molecular weight is 274 g/mol. The van der Waals surface area contributed by atoms with Crippen LogP contribution < -0.4 is 0 Å². The van der Waals surface area contributed by atoms with E-state index >= 15 is 0 Å². The van der Waals surface area contributed by atoms with Gasteiger partial charge in [-0.3, -0.25) is 0 Å². The second-order valence-corrected chi connectivity index (χ2v) is 3.54. The molecule has 0 spiro atoms. The lowest BCUT2D eigenvalue weighted by Crippen LogP contribution is -2.05. The van der Waals surface area contributed by atoms with Crippen LogP contribution in [0.2, 0.25) is 0 Å². The van der Waals surface area contributed by atoms with Gasteiger partial charge in [-0.05, 0) is 19.1 Å².